The Morgan fingerprint density at radius 3 is 2.63 bits per heavy atom. The first-order chi connectivity index (χ1) is 12.6. The number of alkyl halides is 3. The van der Waals surface area contributed by atoms with Crippen molar-refractivity contribution in [2.24, 2.45) is 0 Å². The van der Waals surface area contributed by atoms with E-state index >= 15 is 0 Å². The Kier molecular flexibility index (Phi) is 4.56. The van der Waals surface area contributed by atoms with Crippen LogP contribution in [-0.2, 0) is 6.18 Å². The number of carbonyl (C=O) groups excluding carboxylic acids is 1. The number of benzene rings is 1. The lowest BCUT2D eigenvalue weighted by atomic mass is 10.2. The lowest BCUT2D eigenvalue weighted by Crippen LogP contribution is -2.16. The Labute approximate surface area is 150 Å². The van der Waals surface area contributed by atoms with E-state index in [9.17, 15) is 22.8 Å². The quantitative estimate of drug-likeness (QED) is 0.734. The average molecular weight is 377 g/mol. The number of aryl methyl sites for hydroxylation is 1. The molecule has 0 saturated heterocycles. The number of halogens is 3. The molecular formula is C17H14F3N5O2. The Morgan fingerprint density at radius 2 is 1.96 bits per heavy atom. The molecule has 2 aromatic heterocycles. The van der Waals surface area contributed by atoms with Crippen LogP contribution in [-0.4, -0.2) is 25.7 Å². The SMILES string of the molecule is Cc1cc(=O)[nH]c(-n2ncc(C(=O)Nc3cccc(C(F)(F)F)c3)c2C)n1. The molecule has 0 spiro atoms. The number of nitrogens with one attached hydrogen (secondary N) is 2. The molecule has 140 valence electrons. The maximum Gasteiger partial charge on any atom is 0.416 e. The first-order valence-electron chi connectivity index (χ1n) is 7.77. The molecule has 0 radical (unpaired) electrons. The van der Waals surface area contributed by atoms with Gasteiger partial charge in [-0.2, -0.15) is 18.3 Å². The van der Waals surface area contributed by atoms with Gasteiger partial charge in [-0.3, -0.25) is 14.6 Å². The zero-order chi connectivity index (χ0) is 19.8. The third kappa shape index (κ3) is 3.89. The summed E-state index contributed by atoms with van der Waals surface area (Å²) < 4.78 is 39.6. The molecule has 0 aliphatic rings. The van der Waals surface area contributed by atoms with Crippen molar-refractivity contribution in [3.8, 4) is 5.95 Å². The van der Waals surface area contributed by atoms with Gasteiger partial charge in [0.15, 0.2) is 0 Å². The fraction of sp³-hybridized carbons (Fsp3) is 0.176. The molecule has 27 heavy (non-hydrogen) atoms. The van der Waals surface area contributed by atoms with Crippen LogP contribution in [0, 0.1) is 13.8 Å². The van der Waals surface area contributed by atoms with Crippen LogP contribution in [0.15, 0.2) is 41.3 Å². The molecule has 2 N–H and O–H groups in total. The van der Waals surface area contributed by atoms with Gasteiger partial charge < -0.3 is 5.32 Å². The summed E-state index contributed by atoms with van der Waals surface area (Å²) in [5, 5.41) is 6.45. The van der Waals surface area contributed by atoms with E-state index in [1.807, 2.05) is 0 Å². The highest BCUT2D eigenvalue weighted by Gasteiger charge is 2.30. The number of amides is 1. The largest absolute Gasteiger partial charge is 0.416 e. The second-order valence-corrected chi connectivity index (χ2v) is 5.80. The minimum Gasteiger partial charge on any atom is -0.322 e. The molecule has 0 aliphatic carbocycles. The molecule has 0 fully saturated rings. The van der Waals surface area contributed by atoms with Crippen LogP contribution < -0.4 is 10.9 Å². The number of hydrogen-bond acceptors (Lipinski definition) is 4. The smallest absolute Gasteiger partial charge is 0.322 e. The molecule has 3 rings (SSSR count). The van der Waals surface area contributed by atoms with E-state index in [-0.39, 0.29) is 22.8 Å². The molecule has 2 heterocycles. The zero-order valence-corrected chi connectivity index (χ0v) is 14.3. The number of rotatable bonds is 3. The Morgan fingerprint density at radius 1 is 1.22 bits per heavy atom. The van der Waals surface area contributed by atoms with Gasteiger partial charge in [0.2, 0.25) is 5.95 Å². The maximum absolute atomic E-state index is 12.8. The lowest BCUT2D eigenvalue weighted by Gasteiger charge is -2.10. The number of hydrogen-bond donors (Lipinski definition) is 2. The summed E-state index contributed by atoms with van der Waals surface area (Å²) in [6.07, 6.45) is -3.26. The van der Waals surface area contributed by atoms with Crippen molar-refractivity contribution in [2.75, 3.05) is 5.32 Å². The van der Waals surface area contributed by atoms with Gasteiger partial charge in [-0.1, -0.05) is 6.07 Å². The molecule has 3 aromatic rings. The number of H-pyrrole nitrogens is 1. The Balaban J connectivity index is 1.89. The van der Waals surface area contributed by atoms with Crippen molar-refractivity contribution in [2.45, 2.75) is 20.0 Å². The topological polar surface area (TPSA) is 92.7 Å². The second-order valence-electron chi connectivity index (χ2n) is 5.80. The first-order valence-corrected chi connectivity index (χ1v) is 7.77. The highest BCUT2D eigenvalue weighted by Crippen LogP contribution is 2.30. The van der Waals surface area contributed by atoms with Crippen molar-refractivity contribution >= 4 is 11.6 Å². The molecule has 1 amide bonds. The van der Waals surface area contributed by atoms with Crippen molar-refractivity contribution in [1.82, 2.24) is 19.7 Å². The first kappa shape index (κ1) is 18.4. The molecule has 0 saturated carbocycles. The van der Waals surface area contributed by atoms with Crippen LogP contribution in [0.3, 0.4) is 0 Å². The Bertz CT molecular complexity index is 1070. The van der Waals surface area contributed by atoms with E-state index in [2.05, 4.69) is 20.4 Å². The summed E-state index contributed by atoms with van der Waals surface area (Å²) in [6.45, 7) is 3.22. The van der Waals surface area contributed by atoms with Gasteiger partial charge in [0.25, 0.3) is 11.5 Å². The molecule has 0 bridgehead atoms. The number of anilines is 1. The van der Waals surface area contributed by atoms with E-state index in [4.69, 9.17) is 0 Å². The highest BCUT2D eigenvalue weighted by molar-refractivity contribution is 6.05. The molecule has 0 unspecified atom stereocenters. The predicted molar refractivity (Wildman–Crippen MR) is 90.9 cm³/mol. The van der Waals surface area contributed by atoms with Gasteiger partial charge in [-0.05, 0) is 32.0 Å². The number of carbonyl (C=O) groups is 1. The number of aromatic amines is 1. The van der Waals surface area contributed by atoms with E-state index < -0.39 is 17.6 Å². The van der Waals surface area contributed by atoms with Crippen LogP contribution in [0.5, 0.6) is 0 Å². The zero-order valence-electron chi connectivity index (χ0n) is 14.3. The normalized spacial score (nSPS) is 11.4. The second kappa shape index (κ2) is 6.71. The summed E-state index contributed by atoms with van der Waals surface area (Å²) in [7, 11) is 0. The van der Waals surface area contributed by atoms with Crippen LogP contribution in [0.2, 0.25) is 0 Å². The molecule has 1 aromatic carbocycles. The minimum absolute atomic E-state index is 0.00376. The molecular weight excluding hydrogens is 363 g/mol. The number of nitrogens with zero attached hydrogens (tertiary/aromatic N) is 3. The van der Waals surface area contributed by atoms with Crippen LogP contribution in [0.25, 0.3) is 5.95 Å². The summed E-state index contributed by atoms with van der Waals surface area (Å²) in [5.41, 5.74) is -0.260. The van der Waals surface area contributed by atoms with Crippen LogP contribution in [0.1, 0.15) is 27.3 Å². The van der Waals surface area contributed by atoms with Gasteiger partial charge in [0.05, 0.1) is 23.0 Å². The predicted octanol–water partition coefficient (Wildman–Crippen LogP) is 2.84. The lowest BCUT2D eigenvalue weighted by molar-refractivity contribution is -0.137. The standard InChI is InChI=1S/C17H14F3N5O2/c1-9-6-14(26)24-16(22-9)25-10(2)13(8-21-25)15(27)23-12-5-3-4-11(7-12)17(18,19)20/h3-8H,1-2H3,(H,23,27)(H,22,24,26). The summed E-state index contributed by atoms with van der Waals surface area (Å²) in [6, 6.07) is 5.63. The monoisotopic (exact) mass is 377 g/mol. The van der Waals surface area contributed by atoms with Gasteiger partial charge in [0, 0.05) is 17.4 Å². The molecule has 0 aliphatic heterocycles. The summed E-state index contributed by atoms with van der Waals surface area (Å²) in [5.74, 6) is -0.497. The third-order valence-electron chi connectivity index (χ3n) is 3.76. The van der Waals surface area contributed by atoms with E-state index in [0.29, 0.717) is 11.4 Å². The van der Waals surface area contributed by atoms with Crippen molar-refractivity contribution in [3.63, 3.8) is 0 Å². The van der Waals surface area contributed by atoms with E-state index in [1.54, 1.807) is 13.8 Å². The van der Waals surface area contributed by atoms with Gasteiger partial charge in [-0.15, -0.1) is 0 Å². The summed E-state index contributed by atoms with van der Waals surface area (Å²) in [4.78, 5) is 30.7. The van der Waals surface area contributed by atoms with Crippen molar-refractivity contribution < 1.29 is 18.0 Å². The highest BCUT2D eigenvalue weighted by atomic mass is 19.4. The van der Waals surface area contributed by atoms with Crippen molar-refractivity contribution in [3.05, 3.63) is 69.4 Å². The molecule has 7 nitrogen and oxygen atoms in total. The van der Waals surface area contributed by atoms with Gasteiger partial charge in [-0.25, -0.2) is 9.67 Å². The van der Waals surface area contributed by atoms with Gasteiger partial charge in [0.1, 0.15) is 0 Å². The fourth-order valence-electron chi connectivity index (χ4n) is 2.48. The van der Waals surface area contributed by atoms with E-state index in [1.165, 1.54) is 29.1 Å². The Hall–Kier alpha value is -3.43. The van der Waals surface area contributed by atoms with Crippen molar-refractivity contribution in [1.29, 1.82) is 0 Å². The summed E-state index contributed by atoms with van der Waals surface area (Å²) >= 11 is 0. The molecule has 10 heteroatoms. The van der Waals surface area contributed by atoms with Crippen LogP contribution >= 0.6 is 0 Å². The van der Waals surface area contributed by atoms with E-state index in [0.717, 1.165) is 12.1 Å². The maximum atomic E-state index is 12.8. The minimum atomic E-state index is -4.51. The van der Waals surface area contributed by atoms with Gasteiger partial charge >= 0.3 is 6.18 Å². The van der Waals surface area contributed by atoms with Crippen LogP contribution in [0.4, 0.5) is 18.9 Å². The number of aromatic nitrogens is 4. The third-order valence-corrected chi connectivity index (χ3v) is 3.76. The fourth-order valence-corrected chi connectivity index (χ4v) is 2.48. The molecule has 0 atom stereocenters. The average Bonchev–Trinajstić information content (AvgIpc) is 2.95.